The molecule has 1 aliphatic rings. The molecule has 1 aromatic heterocycles. The van der Waals surface area contributed by atoms with Crippen LogP contribution in [-0.2, 0) is 11.2 Å². The van der Waals surface area contributed by atoms with E-state index in [0.717, 1.165) is 28.8 Å². The first kappa shape index (κ1) is 23.7. The highest BCUT2D eigenvalue weighted by atomic mass is 16.5. The molecule has 0 spiro atoms. The summed E-state index contributed by atoms with van der Waals surface area (Å²) in [6.45, 7) is 3.71. The van der Waals surface area contributed by atoms with Gasteiger partial charge in [-0.25, -0.2) is 4.98 Å². The average molecular weight is 464 g/mol. The fraction of sp³-hybridized carbons (Fsp3) is 0.407. The lowest BCUT2D eigenvalue weighted by Crippen LogP contribution is -2.37. The Bertz CT molecular complexity index is 1130. The zero-order valence-corrected chi connectivity index (χ0v) is 20.2. The molecular weight excluding hydrogens is 430 g/mol. The highest BCUT2D eigenvalue weighted by Gasteiger charge is 2.20. The third kappa shape index (κ3) is 5.53. The van der Waals surface area contributed by atoms with Gasteiger partial charge >= 0.3 is 0 Å². The molecule has 1 N–H and O–H groups in total. The second kappa shape index (κ2) is 11.1. The minimum absolute atomic E-state index is 0.0585. The number of pyridine rings is 1. The first-order chi connectivity index (χ1) is 16.6. The Morgan fingerprint density at radius 2 is 1.91 bits per heavy atom. The molecule has 1 saturated heterocycles. The highest BCUT2D eigenvalue weighted by Crippen LogP contribution is 2.30. The molecule has 2 aromatic carbocycles. The van der Waals surface area contributed by atoms with Gasteiger partial charge in [-0.2, -0.15) is 0 Å². The molecule has 180 valence electrons. The van der Waals surface area contributed by atoms with Crippen molar-refractivity contribution in [2.24, 2.45) is 0 Å². The summed E-state index contributed by atoms with van der Waals surface area (Å²) in [4.78, 5) is 19.7. The lowest BCUT2D eigenvalue weighted by atomic mass is 10.0. The zero-order chi connectivity index (χ0) is 23.9. The molecule has 0 aliphatic carbocycles. The number of hydrogen-bond donors (Lipinski definition) is 1. The van der Waals surface area contributed by atoms with E-state index in [1.54, 1.807) is 14.2 Å². The quantitative estimate of drug-likeness (QED) is 0.508. The number of methoxy groups -OCH3 is 2. The molecule has 2 heterocycles. The van der Waals surface area contributed by atoms with Crippen LogP contribution >= 0.6 is 0 Å². The molecule has 0 radical (unpaired) electrons. The van der Waals surface area contributed by atoms with Crippen LogP contribution in [0.15, 0.2) is 48.5 Å². The van der Waals surface area contributed by atoms with Gasteiger partial charge in [0.05, 0.1) is 14.2 Å². The molecule has 0 saturated carbocycles. The van der Waals surface area contributed by atoms with Crippen molar-refractivity contribution < 1.29 is 19.0 Å². The van der Waals surface area contributed by atoms with Crippen LogP contribution in [0.25, 0.3) is 10.9 Å². The van der Waals surface area contributed by atoms with Crippen molar-refractivity contribution >= 4 is 22.6 Å². The van der Waals surface area contributed by atoms with Crippen LogP contribution in [-0.4, -0.2) is 50.8 Å². The van der Waals surface area contributed by atoms with Crippen LogP contribution in [0, 0.1) is 0 Å². The summed E-state index contributed by atoms with van der Waals surface area (Å²) < 4.78 is 16.5. The summed E-state index contributed by atoms with van der Waals surface area (Å²) in [5, 5.41) is 3.92. The van der Waals surface area contributed by atoms with Gasteiger partial charge in [-0.3, -0.25) is 4.79 Å². The van der Waals surface area contributed by atoms with E-state index in [1.165, 1.54) is 19.3 Å². The number of piperidine rings is 1. The van der Waals surface area contributed by atoms with Crippen molar-refractivity contribution in [2.75, 3.05) is 38.8 Å². The number of anilines is 1. The maximum Gasteiger partial charge on any atom is 0.257 e. The molecule has 1 unspecified atom stereocenters. The van der Waals surface area contributed by atoms with Crippen molar-refractivity contribution in [3.8, 4) is 17.2 Å². The summed E-state index contributed by atoms with van der Waals surface area (Å²) in [5.41, 5.74) is 1.84. The Hall–Kier alpha value is -3.48. The molecule has 4 rings (SSSR count). The van der Waals surface area contributed by atoms with E-state index < -0.39 is 0 Å². The second-order valence-corrected chi connectivity index (χ2v) is 8.61. The SMILES string of the molecule is COc1ccc(CCNC(=O)COc2cccc3ccc(N4CCCCC4C)nc23)cc1OC. The van der Waals surface area contributed by atoms with Crippen molar-refractivity contribution in [2.45, 2.75) is 38.6 Å². The van der Waals surface area contributed by atoms with Crippen LogP contribution in [0.4, 0.5) is 5.82 Å². The van der Waals surface area contributed by atoms with Crippen LogP contribution in [0.2, 0.25) is 0 Å². The van der Waals surface area contributed by atoms with Crippen molar-refractivity contribution in [1.29, 1.82) is 0 Å². The maximum absolute atomic E-state index is 12.4. The number of aromatic nitrogens is 1. The van der Waals surface area contributed by atoms with Gasteiger partial charge < -0.3 is 24.4 Å². The Morgan fingerprint density at radius 3 is 2.71 bits per heavy atom. The van der Waals surface area contributed by atoms with Crippen LogP contribution in [0.5, 0.6) is 17.2 Å². The molecule has 0 bridgehead atoms. The molecule has 1 amide bonds. The molecule has 7 nitrogen and oxygen atoms in total. The molecule has 34 heavy (non-hydrogen) atoms. The van der Waals surface area contributed by atoms with Gasteiger partial charge in [0.2, 0.25) is 0 Å². The fourth-order valence-electron chi connectivity index (χ4n) is 4.40. The summed E-state index contributed by atoms with van der Waals surface area (Å²) in [7, 11) is 3.22. The van der Waals surface area contributed by atoms with E-state index in [2.05, 4.69) is 29.3 Å². The van der Waals surface area contributed by atoms with Gasteiger partial charge in [0.1, 0.15) is 17.1 Å². The number of fused-ring (bicyclic) bond motifs is 1. The monoisotopic (exact) mass is 463 g/mol. The zero-order valence-electron chi connectivity index (χ0n) is 20.2. The Balaban J connectivity index is 1.35. The number of benzene rings is 2. The summed E-state index contributed by atoms with van der Waals surface area (Å²) >= 11 is 0. The third-order valence-electron chi connectivity index (χ3n) is 6.31. The first-order valence-corrected chi connectivity index (χ1v) is 11.9. The highest BCUT2D eigenvalue weighted by molar-refractivity contribution is 5.86. The Morgan fingerprint density at radius 1 is 1.06 bits per heavy atom. The Kier molecular flexibility index (Phi) is 7.72. The van der Waals surface area contributed by atoms with E-state index in [1.807, 2.05) is 36.4 Å². The standard InChI is InChI=1S/C27H33N3O4/c1-19-7-4-5-16-30(19)25-13-11-21-8-6-9-23(27(21)29-25)34-18-26(31)28-15-14-20-10-12-22(32-2)24(17-20)33-3/h6,8-13,17,19H,4-5,7,14-16,18H2,1-3H3,(H,28,31). The molecular formula is C27H33N3O4. The number of para-hydroxylation sites is 1. The van der Waals surface area contributed by atoms with E-state index in [-0.39, 0.29) is 12.5 Å². The average Bonchev–Trinajstić information content (AvgIpc) is 2.87. The molecule has 1 fully saturated rings. The number of nitrogens with zero attached hydrogens (tertiary/aromatic N) is 2. The first-order valence-electron chi connectivity index (χ1n) is 11.9. The topological polar surface area (TPSA) is 72.9 Å². The number of ether oxygens (including phenoxy) is 3. The molecule has 1 aliphatic heterocycles. The summed E-state index contributed by atoms with van der Waals surface area (Å²) in [6.07, 6.45) is 4.31. The van der Waals surface area contributed by atoms with Gasteiger partial charge in [-0.1, -0.05) is 18.2 Å². The molecule has 7 heteroatoms. The van der Waals surface area contributed by atoms with E-state index in [0.29, 0.717) is 36.3 Å². The number of hydrogen-bond acceptors (Lipinski definition) is 6. The van der Waals surface area contributed by atoms with E-state index in [9.17, 15) is 4.79 Å². The largest absolute Gasteiger partial charge is 0.493 e. The summed E-state index contributed by atoms with van der Waals surface area (Å²) in [6, 6.07) is 16.2. The van der Waals surface area contributed by atoms with Gasteiger partial charge in [0.15, 0.2) is 18.1 Å². The fourth-order valence-corrected chi connectivity index (χ4v) is 4.40. The second-order valence-electron chi connectivity index (χ2n) is 8.61. The number of nitrogens with one attached hydrogen (secondary N) is 1. The van der Waals surface area contributed by atoms with Crippen LogP contribution < -0.4 is 24.4 Å². The Labute approximate surface area is 201 Å². The third-order valence-corrected chi connectivity index (χ3v) is 6.31. The van der Waals surface area contributed by atoms with Gasteiger partial charge in [-0.05, 0) is 68.5 Å². The van der Waals surface area contributed by atoms with Crippen molar-refractivity contribution in [3.63, 3.8) is 0 Å². The molecule has 3 aromatic rings. The van der Waals surface area contributed by atoms with E-state index in [4.69, 9.17) is 19.2 Å². The predicted molar refractivity (Wildman–Crippen MR) is 134 cm³/mol. The number of carbonyl (C=O) groups excluding carboxylic acids is 1. The minimum Gasteiger partial charge on any atom is -0.493 e. The van der Waals surface area contributed by atoms with E-state index >= 15 is 0 Å². The normalized spacial score (nSPS) is 15.7. The van der Waals surface area contributed by atoms with Crippen LogP contribution in [0.1, 0.15) is 31.7 Å². The maximum atomic E-state index is 12.4. The predicted octanol–water partition coefficient (Wildman–Crippen LogP) is 4.37. The van der Waals surface area contributed by atoms with Gasteiger partial charge in [0.25, 0.3) is 5.91 Å². The van der Waals surface area contributed by atoms with Crippen LogP contribution in [0.3, 0.4) is 0 Å². The smallest absolute Gasteiger partial charge is 0.257 e. The number of amides is 1. The van der Waals surface area contributed by atoms with Crippen molar-refractivity contribution in [3.05, 3.63) is 54.1 Å². The van der Waals surface area contributed by atoms with Gasteiger partial charge in [0, 0.05) is 24.5 Å². The minimum atomic E-state index is -0.168. The summed E-state index contributed by atoms with van der Waals surface area (Å²) in [5.74, 6) is 2.79. The number of carbonyl (C=O) groups is 1. The molecule has 1 atom stereocenters. The lowest BCUT2D eigenvalue weighted by Gasteiger charge is -2.34. The van der Waals surface area contributed by atoms with Crippen molar-refractivity contribution in [1.82, 2.24) is 10.3 Å². The lowest BCUT2D eigenvalue weighted by molar-refractivity contribution is -0.123. The number of rotatable bonds is 9. The van der Waals surface area contributed by atoms with Gasteiger partial charge in [-0.15, -0.1) is 0 Å².